The van der Waals surface area contributed by atoms with E-state index in [1.54, 1.807) is 0 Å². The zero-order valence-corrected chi connectivity index (χ0v) is 12.5. The second kappa shape index (κ2) is 4.10. The summed E-state index contributed by atoms with van der Waals surface area (Å²) in [6.45, 7) is 15.5. The van der Waals surface area contributed by atoms with Gasteiger partial charge in [-0.05, 0) is 55.4 Å². The quantitative estimate of drug-likeness (QED) is 0.667. The van der Waals surface area contributed by atoms with Gasteiger partial charge in [-0.25, -0.2) is 0 Å². The van der Waals surface area contributed by atoms with E-state index < -0.39 is 0 Å². The van der Waals surface area contributed by atoms with Gasteiger partial charge >= 0.3 is 0 Å². The number of aryl methyl sites for hydroxylation is 2. The summed E-state index contributed by atoms with van der Waals surface area (Å²) in [5, 5.41) is 0. The van der Waals surface area contributed by atoms with Crippen LogP contribution in [0.1, 0.15) is 56.9 Å². The Morgan fingerprint density at radius 2 is 1.25 bits per heavy atom. The molecule has 0 amide bonds. The van der Waals surface area contributed by atoms with Crippen molar-refractivity contribution in [3.63, 3.8) is 0 Å². The number of thiol groups is 1. The summed E-state index contributed by atoms with van der Waals surface area (Å²) in [5.41, 5.74) is 5.69. The van der Waals surface area contributed by atoms with Crippen LogP contribution in [0, 0.1) is 13.8 Å². The summed E-state index contributed by atoms with van der Waals surface area (Å²) in [6, 6.07) is 4.61. The molecule has 0 unspecified atom stereocenters. The molecule has 0 saturated heterocycles. The van der Waals surface area contributed by atoms with Crippen molar-refractivity contribution >= 4 is 12.6 Å². The van der Waals surface area contributed by atoms with Crippen molar-refractivity contribution in [3.8, 4) is 0 Å². The molecule has 0 aliphatic rings. The third-order valence-corrected chi connectivity index (χ3v) is 3.23. The predicted octanol–water partition coefficient (Wildman–Crippen LogP) is 4.77. The lowest BCUT2D eigenvalue weighted by Gasteiger charge is -2.27. The van der Waals surface area contributed by atoms with Gasteiger partial charge in [-0.3, -0.25) is 0 Å². The highest BCUT2D eigenvalue weighted by molar-refractivity contribution is 7.81. The molecule has 0 aliphatic carbocycles. The zero-order chi connectivity index (χ0) is 12.7. The first-order valence-corrected chi connectivity index (χ1v) is 6.33. The molecular weight excluding hydrogens is 212 g/mol. The van der Waals surface area contributed by atoms with Crippen molar-refractivity contribution in [3.05, 3.63) is 34.4 Å². The van der Waals surface area contributed by atoms with Gasteiger partial charge in [0, 0.05) is 4.75 Å². The monoisotopic (exact) mass is 236 g/mol. The first-order valence-electron chi connectivity index (χ1n) is 5.88. The van der Waals surface area contributed by atoms with Crippen LogP contribution in [0.3, 0.4) is 0 Å². The van der Waals surface area contributed by atoms with E-state index in [1.165, 1.54) is 22.3 Å². The van der Waals surface area contributed by atoms with Crippen molar-refractivity contribution in [1.82, 2.24) is 0 Å². The van der Waals surface area contributed by atoms with Gasteiger partial charge in [0.15, 0.2) is 0 Å². The van der Waals surface area contributed by atoms with E-state index >= 15 is 0 Å². The highest BCUT2D eigenvalue weighted by atomic mass is 32.1. The molecule has 1 heteroatoms. The summed E-state index contributed by atoms with van der Waals surface area (Å²) in [7, 11) is 0. The van der Waals surface area contributed by atoms with Crippen LogP contribution >= 0.6 is 12.6 Å². The lowest BCUT2D eigenvalue weighted by molar-refractivity contribution is 0.587. The van der Waals surface area contributed by atoms with Crippen LogP contribution in [-0.4, -0.2) is 0 Å². The fraction of sp³-hybridized carbons (Fsp3) is 0.600. The first-order chi connectivity index (χ1) is 7.03. The molecule has 0 saturated carbocycles. The van der Waals surface area contributed by atoms with Crippen LogP contribution in [0.25, 0.3) is 0 Å². The Balaban J connectivity index is 3.41. The SMILES string of the molecule is Cc1cc(C(C)(C)C)cc(C)c1C(C)(C)S. The molecule has 16 heavy (non-hydrogen) atoms. The maximum Gasteiger partial charge on any atom is 0.0327 e. The summed E-state index contributed by atoms with van der Waals surface area (Å²) >= 11 is 4.69. The van der Waals surface area contributed by atoms with E-state index in [9.17, 15) is 0 Å². The second-order valence-corrected chi connectivity index (χ2v) is 7.41. The van der Waals surface area contributed by atoms with Gasteiger partial charge in [-0.15, -0.1) is 0 Å². The lowest BCUT2D eigenvalue weighted by atomic mass is 9.82. The van der Waals surface area contributed by atoms with Crippen LogP contribution in [-0.2, 0) is 10.2 Å². The molecule has 1 aromatic rings. The second-order valence-electron chi connectivity index (χ2n) is 6.29. The third kappa shape index (κ3) is 2.82. The van der Waals surface area contributed by atoms with Gasteiger partial charge in [0.05, 0.1) is 0 Å². The smallest absolute Gasteiger partial charge is 0.0327 e. The summed E-state index contributed by atoms with van der Waals surface area (Å²) in [4.78, 5) is 0. The highest BCUT2D eigenvalue weighted by Gasteiger charge is 2.22. The number of benzene rings is 1. The third-order valence-electron chi connectivity index (χ3n) is 3.01. The van der Waals surface area contributed by atoms with Gasteiger partial charge in [-0.2, -0.15) is 12.6 Å². The largest absolute Gasteiger partial charge is 0.168 e. The zero-order valence-electron chi connectivity index (χ0n) is 11.6. The average molecular weight is 236 g/mol. The molecular formula is C15H24S. The molecule has 0 atom stereocenters. The predicted molar refractivity (Wildman–Crippen MR) is 76.6 cm³/mol. The molecule has 0 aromatic heterocycles. The Hall–Kier alpha value is -0.430. The molecule has 1 rings (SSSR count). The molecule has 90 valence electrons. The van der Waals surface area contributed by atoms with E-state index in [0.29, 0.717) is 0 Å². The Bertz CT molecular complexity index is 366. The Morgan fingerprint density at radius 3 is 1.50 bits per heavy atom. The Kier molecular flexibility index (Phi) is 3.50. The number of rotatable bonds is 1. The normalized spacial score (nSPS) is 13.0. The molecule has 0 radical (unpaired) electrons. The Labute approximate surface area is 106 Å². The molecule has 1 aromatic carbocycles. The van der Waals surface area contributed by atoms with Crippen molar-refractivity contribution in [2.24, 2.45) is 0 Å². The van der Waals surface area contributed by atoms with E-state index in [4.69, 9.17) is 12.6 Å². The fourth-order valence-corrected chi connectivity index (χ4v) is 2.71. The molecule has 0 N–H and O–H groups in total. The van der Waals surface area contributed by atoms with E-state index in [-0.39, 0.29) is 10.2 Å². The highest BCUT2D eigenvalue weighted by Crippen LogP contribution is 2.35. The van der Waals surface area contributed by atoms with Crippen LogP contribution < -0.4 is 0 Å². The van der Waals surface area contributed by atoms with Gasteiger partial charge in [0.25, 0.3) is 0 Å². The minimum atomic E-state index is -0.0649. The molecule has 0 aliphatic heterocycles. The van der Waals surface area contributed by atoms with Crippen molar-refractivity contribution in [2.75, 3.05) is 0 Å². The molecule has 0 nitrogen and oxygen atoms in total. The Morgan fingerprint density at radius 1 is 0.875 bits per heavy atom. The molecule has 0 heterocycles. The first kappa shape index (κ1) is 13.6. The van der Waals surface area contributed by atoms with Gasteiger partial charge in [0.2, 0.25) is 0 Å². The molecule has 0 bridgehead atoms. The van der Waals surface area contributed by atoms with E-state index in [2.05, 4.69) is 60.6 Å². The van der Waals surface area contributed by atoms with Gasteiger partial charge in [-0.1, -0.05) is 32.9 Å². The van der Waals surface area contributed by atoms with Crippen molar-refractivity contribution in [2.45, 2.75) is 58.6 Å². The summed E-state index contributed by atoms with van der Waals surface area (Å²) in [5.74, 6) is 0. The molecule has 0 spiro atoms. The minimum Gasteiger partial charge on any atom is -0.168 e. The standard InChI is InChI=1S/C15H24S/c1-10-8-12(14(3,4)5)9-11(2)13(10)15(6,7)16/h8-9,16H,1-7H3. The maximum atomic E-state index is 4.69. The minimum absolute atomic E-state index is 0.0649. The summed E-state index contributed by atoms with van der Waals surface area (Å²) < 4.78 is -0.0649. The number of hydrogen-bond donors (Lipinski definition) is 1. The topological polar surface area (TPSA) is 0 Å². The lowest BCUT2D eigenvalue weighted by Crippen LogP contribution is -2.16. The van der Waals surface area contributed by atoms with Crippen LogP contribution in [0.2, 0.25) is 0 Å². The van der Waals surface area contributed by atoms with Crippen LogP contribution in [0.4, 0.5) is 0 Å². The van der Waals surface area contributed by atoms with Gasteiger partial charge in [0.1, 0.15) is 0 Å². The number of hydrogen-bond acceptors (Lipinski definition) is 1. The van der Waals surface area contributed by atoms with Crippen LogP contribution in [0.5, 0.6) is 0 Å². The molecule has 0 fully saturated rings. The average Bonchev–Trinajstić information content (AvgIpc) is 1.97. The maximum absolute atomic E-state index is 4.69. The van der Waals surface area contributed by atoms with Crippen molar-refractivity contribution in [1.29, 1.82) is 0 Å². The van der Waals surface area contributed by atoms with E-state index in [1.807, 2.05) is 0 Å². The van der Waals surface area contributed by atoms with E-state index in [0.717, 1.165) is 0 Å². The van der Waals surface area contributed by atoms with Crippen molar-refractivity contribution < 1.29 is 0 Å². The van der Waals surface area contributed by atoms with Gasteiger partial charge < -0.3 is 0 Å². The fourth-order valence-electron chi connectivity index (χ4n) is 2.36. The van der Waals surface area contributed by atoms with Crippen LogP contribution in [0.15, 0.2) is 12.1 Å². The summed E-state index contributed by atoms with van der Waals surface area (Å²) in [6.07, 6.45) is 0.